The lowest BCUT2D eigenvalue weighted by molar-refractivity contribution is -0.0386. The SMILES string of the molecule is CC(C)[C@H](O)[C@H]1CC[C@@H](C#N)O1. The first-order chi connectivity index (χ1) is 5.65. The second kappa shape index (κ2) is 3.88. The van der Waals surface area contributed by atoms with E-state index in [1.807, 2.05) is 13.8 Å². The summed E-state index contributed by atoms with van der Waals surface area (Å²) in [4.78, 5) is 0. The zero-order chi connectivity index (χ0) is 9.14. The monoisotopic (exact) mass is 169 g/mol. The molecule has 0 amide bonds. The lowest BCUT2D eigenvalue weighted by Gasteiger charge is -2.20. The zero-order valence-corrected chi connectivity index (χ0v) is 7.53. The van der Waals surface area contributed by atoms with Crippen LogP contribution in [-0.2, 0) is 4.74 Å². The number of ether oxygens (including phenoxy) is 1. The molecule has 0 aromatic carbocycles. The number of aliphatic hydroxyl groups excluding tert-OH is 1. The summed E-state index contributed by atoms with van der Waals surface area (Å²) in [5.74, 6) is 0.201. The van der Waals surface area contributed by atoms with Gasteiger partial charge in [0, 0.05) is 0 Å². The Morgan fingerprint density at radius 1 is 1.50 bits per heavy atom. The molecular weight excluding hydrogens is 154 g/mol. The van der Waals surface area contributed by atoms with Gasteiger partial charge in [0.05, 0.1) is 18.3 Å². The highest BCUT2D eigenvalue weighted by molar-refractivity contribution is 4.92. The van der Waals surface area contributed by atoms with Gasteiger partial charge < -0.3 is 9.84 Å². The minimum atomic E-state index is -0.427. The fourth-order valence-corrected chi connectivity index (χ4v) is 1.44. The van der Waals surface area contributed by atoms with Gasteiger partial charge >= 0.3 is 0 Å². The maximum atomic E-state index is 9.61. The van der Waals surface area contributed by atoms with E-state index in [2.05, 4.69) is 6.07 Å². The smallest absolute Gasteiger partial charge is 0.144 e. The summed E-state index contributed by atoms with van der Waals surface area (Å²) in [6.45, 7) is 3.90. The first-order valence-electron chi connectivity index (χ1n) is 4.38. The Kier molecular flexibility index (Phi) is 3.07. The number of aliphatic hydroxyl groups is 1. The van der Waals surface area contributed by atoms with Crippen LogP contribution >= 0.6 is 0 Å². The molecule has 0 bridgehead atoms. The summed E-state index contributed by atoms with van der Waals surface area (Å²) in [5.41, 5.74) is 0. The zero-order valence-electron chi connectivity index (χ0n) is 7.53. The van der Waals surface area contributed by atoms with Gasteiger partial charge in [0.25, 0.3) is 0 Å². The van der Waals surface area contributed by atoms with Crippen LogP contribution in [0.2, 0.25) is 0 Å². The second-order valence-electron chi connectivity index (χ2n) is 3.60. The molecule has 3 heteroatoms. The van der Waals surface area contributed by atoms with Crippen molar-refractivity contribution in [3.8, 4) is 6.07 Å². The van der Waals surface area contributed by atoms with Crippen molar-refractivity contribution in [1.29, 1.82) is 5.26 Å². The Morgan fingerprint density at radius 2 is 2.17 bits per heavy atom. The van der Waals surface area contributed by atoms with Crippen molar-refractivity contribution in [3.05, 3.63) is 0 Å². The number of nitriles is 1. The van der Waals surface area contributed by atoms with Crippen LogP contribution in [-0.4, -0.2) is 23.4 Å². The summed E-state index contributed by atoms with van der Waals surface area (Å²) >= 11 is 0. The van der Waals surface area contributed by atoms with E-state index in [0.717, 1.165) is 12.8 Å². The lowest BCUT2D eigenvalue weighted by Crippen LogP contribution is -2.30. The third kappa shape index (κ3) is 1.96. The maximum Gasteiger partial charge on any atom is 0.144 e. The van der Waals surface area contributed by atoms with Crippen molar-refractivity contribution < 1.29 is 9.84 Å². The summed E-state index contributed by atoms with van der Waals surface area (Å²) < 4.78 is 5.32. The van der Waals surface area contributed by atoms with E-state index in [1.165, 1.54) is 0 Å². The van der Waals surface area contributed by atoms with Gasteiger partial charge in [0.2, 0.25) is 0 Å². The van der Waals surface area contributed by atoms with E-state index in [9.17, 15) is 5.11 Å². The number of hydrogen-bond acceptors (Lipinski definition) is 3. The minimum absolute atomic E-state index is 0.130. The van der Waals surface area contributed by atoms with Crippen LogP contribution in [0.3, 0.4) is 0 Å². The van der Waals surface area contributed by atoms with Crippen molar-refractivity contribution in [2.24, 2.45) is 5.92 Å². The van der Waals surface area contributed by atoms with Crippen molar-refractivity contribution in [2.45, 2.75) is 45.0 Å². The fourth-order valence-electron chi connectivity index (χ4n) is 1.44. The summed E-state index contributed by atoms with van der Waals surface area (Å²) in [6.07, 6.45) is 0.698. The molecule has 1 saturated heterocycles. The summed E-state index contributed by atoms with van der Waals surface area (Å²) in [7, 11) is 0. The Labute approximate surface area is 73.0 Å². The van der Waals surface area contributed by atoms with E-state index in [0.29, 0.717) is 0 Å². The molecule has 0 radical (unpaired) electrons. The molecule has 0 unspecified atom stereocenters. The molecule has 68 valence electrons. The largest absolute Gasteiger partial charge is 0.390 e. The molecule has 1 fully saturated rings. The standard InChI is InChI=1S/C9H15NO2/c1-6(2)9(11)8-4-3-7(5-10)12-8/h6-9,11H,3-4H2,1-2H3/t7-,8+,9-/m0/s1. The Morgan fingerprint density at radius 3 is 2.58 bits per heavy atom. The molecule has 0 aromatic rings. The molecule has 0 spiro atoms. The highest BCUT2D eigenvalue weighted by atomic mass is 16.5. The minimum Gasteiger partial charge on any atom is -0.390 e. The maximum absolute atomic E-state index is 9.61. The predicted molar refractivity (Wildman–Crippen MR) is 44.4 cm³/mol. The highest BCUT2D eigenvalue weighted by Crippen LogP contribution is 2.24. The van der Waals surface area contributed by atoms with Gasteiger partial charge in [-0.1, -0.05) is 13.8 Å². The van der Waals surface area contributed by atoms with E-state index in [1.54, 1.807) is 0 Å². The number of hydrogen-bond donors (Lipinski definition) is 1. The van der Waals surface area contributed by atoms with Crippen LogP contribution in [0, 0.1) is 17.2 Å². The molecule has 1 rings (SSSR count). The molecule has 3 atom stereocenters. The van der Waals surface area contributed by atoms with Gasteiger partial charge in [-0.3, -0.25) is 0 Å². The van der Waals surface area contributed by atoms with Crippen LogP contribution in [0.5, 0.6) is 0 Å². The van der Waals surface area contributed by atoms with Crippen LogP contribution in [0.1, 0.15) is 26.7 Å². The van der Waals surface area contributed by atoms with Gasteiger partial charge in [0.15, 0.2) is 0 Å². The van der Waals surface area contributed by atoms with Crippen LogP contribution in [0.15, 0.2) is 0 Å². The van der Waals surface area contributed by atoms with Crippen LogP contribution < -0.4 is 0 Å². The van der Waals surface area contributed by atoms with E-state index < -0.39 is 6.10 Å². The van der Waals surface area contributed by atoms with Crippen molar-refractivity contribution in [1.82, 2.24) is 0 Å². The van der Waals surface area contributed by atoms with Gasteiger partial charge in [-0.15, -0.1) is 0 Å². The Balaban J connectivity index is 2.42. The van der Waals surface area contributed by atoms with Gasteiger partial charge in [-0.25, -0.2) is 0 Å². The molecule has 12 heavy (non-hydrogen) atoms. The Hall–Kier alpha value is -0.590. The highest BCUT2D eigenvalue weighted by Gasteiger charge is 2.31. The average molecular weight is 169 g/mol. The number of nitrogens with zero attached hydrogens (tertiary/aromatic N) is 1. The van der Waals surface area contributed by atoms with E-state index in [-0.39, 0.29) is 18.1 Å². The molecule has 0 aromatic heterocycles. The Bertz CT molecular complexity index is 185. The molecule has 1 heterocycles. The summed E-state index contributed by atoms with van der Waals surface area (Å²) in [6, 6.07) is 2.05. The van der Waals surface area contributed by atoms with Crippen LogP contribution in [0.4, 0.5) is 0 Å². The van der Waals surface area contributed by atoms with Crippen molar-refractivity contribution >= 4 is 0 Å². The first-order valence-corrected chi connectivity index (χ1v) is 4.38. The van der Waals surface area contributed by atoms with Crippen LogP contribution in [0.25, 0.3) is 0 Å². The van der Waals surface area contributed by atoms with Crippen molar-refractivity contribution in [2.75, 3.05) is 0 Å². The predicted octanol–water partition coefficient (Wildman–Crippen LogP) is 1.07. The fraction of sp³-hybridized carbons (Fsp3) is 0.889. The topological polar surface area (TPSA) is 53.2 Å². The molecule has 0 aliphatic carbocycles. The second-order valence-corrected chi connectivity index (χ2v) is 3.60. The van der Waals surface area contributed by atoms with Gasteiger partial charge in [-0.2, -0.15) is 5.26 Å². The summed E-state index contributed by atoms with van der Waals surface area (Å²) in [5, 5.41) is 18.2. The normalized spacial score (nSPS) is 31.9. The third-order valence-corrected chi connectivity index (χ3v) is 2.26. The molecule has 1 N–H and O–H groups in total. The molecule has 0 saturated carbocycles. The quantitative estimate of drug-likeness (QED) is 0.672. The number of rotatable bonds is 2. The average Bonchev–Trinajstić information content (AvgIpc) is 2.50. The lowest BCUT2D eigenvalue weighted by atomic mass is 10.00. The third-order valence-electron chi connectivity index (χ3n) is 2.26. The van der Waals surface area contributed by atoms with E-state index in [4.69, 9.17) is 10.00 Å². The van der Waals surface area contributed by atoms with Gasteiger partial charge in [0.1, 0.15) is 6.10 Å². The molecule has 3 nitrogen and oxygen atoms in total. The van der Waals surface area contributed by atoms with Crippen molar-refractivity contribution in [3.63, 3.8) is 0 Å². The van der Waals surface area contributed by atoms with Gasteiger partial charge in [-0.05, 0) is 18.8 Å². The first kappa shape index (κ1) is 9.50. The van der Waals surface area contributed by atoms with E-state index >= 15 is 0 Å². The molecule has 1 aliphatic heterocycles. The molecular formula is C9H15NO2. The molecule has 1 aliphatic rings.